The van der Waals surface area contributed by atoms with Gasteiger partial charge in [0.15, 0.2) is 6.10 Å². The maximum absolute atomic E-state index is 12.7. The van der Waals surface area contributed by atoms with Crippen molar-refractivity contribution < 1.29 is 28.6 Å². The fraction of sp³-hybridized carbons (Fsp3) is 0.942. The Labute approximate surface area is 361 Å². The number of hydrogen-bond donors (Lipinski definition) is 0. The van der Waals surface area contributed by atoms with Crippen LogP contribution in [0.1, 0.15) is 285 Å². The lowest BCUT2D eigenvalue weighted by Gasteiger charge is -2.18. The topological polar surface area (TPSA) is 78.9 Å². The number of rotatable bonds is 46. The minimum absolute atomic E-state index is 0.0644. The maximum Gasteiger partial charge on any atom is 0.306 e. The highest BCUT2D eigenvalue weighted by molar-refractivity contribution is 5.71. The maximum atomic E-state index is 12.7. The van der Waals surface area contributed by atoms with Crippen LogP contribution < -0.4 is 0 Å². The van der Waals surface area contributed by atoms with Crippen LogP contribution in [0, 0.1) is 11.8 Å². The summed E-state index contributed by atoms with van der Waals surface area (Å²) >= 11 is 0. The van der Waals surface area contributed by atoms with E-state index in [-0.39, 0.29) is 31.1 Å². The zero-order valence-corrected chi connectivity index (χ0v) is 39.7. The van der Waals surface area contributed by atoms with E-state index in [9.17, 15) is 14.4 Å². The van der Waals surface area contributed by atoms with Crippen LogP contribution in [0.4, 0.5) is 0 Å². The molecule has 0 aliphatic heterocycles. The first-order valence-electron chi connectivity index (χ1n) is 25.7. The molecule has 0 aromatic carbocycles. The SMILES string of the molecule is CCCCCCCCCCCCCCCC(=O)OC[C@H](COC(=O)CCCCCCCCCCCCCCCCC(C)C)OC(=O)CCCCCCCCCC(C)C. The molecule has 6 heteroatoms. The van der Waals surface area contributed by atoms with Gasteiger partial charge in [-0.15, -0.1) is 0 Å². The molecule has 58 heavy (non-hydrogen) atoms. The van der Waals surface area contributed by atoms with Gasteiger partial charge in [0, 0.05) is 19.3 Å². The highest BCUT2D eigenvalue weighted by atomic mass is 16.6. The van der Waals surface area contributed by atoms with E-state index < -0.39 is 6.10 Å². The number of ether oxygens (including phenoxy) is 3. The van der Waals surface area contributed by atoms with Gasteiger partial charge in [-0.05, 0) is 31.1 Å². The molecule has 0 saturated carbocycles. The van der Waals surface area contributed by atoms with Crippen LogP contribution in [0.5, 0.6) is 0 Å². The Morgan fingerprint density at radius 1 is 0.328 bits per heavy atom. The third-order valence-corrected chi connectivity index (χ3v) is 11.7. The molecule has 0 bridgehead atoms. The van der Waals surface area contributed by atoms with Crippen molar-refractivity contribution in [3.05, 3.63) is 0 Å². The van der Waals surface area contributed by atoms with Gasteiger partial charge >= 0.3 is 17.9 Å². The molecule has 0 aliphatic rings. The summed E-state index contributed by atoms with van der Waals surface area (Å²) < 4.78 is 16.8. The smallest absolute Gasteiger partial charge is 0.306 e. The number of hydrogen-bond acceptors (Lipinski definition) is 6. The summed E-state index contributed by atoms with van der Waals surface area (Å²) in [5.74, 6) is 0.771. The highest BCUT2D eigenvalue weighted by Gasteiger charge is 2.19. The summed E-state index contributed by atoms with van der Waals surface area (Å²) in [5.41, 5.74) is 0. The number of esters is 3. The molecule has 0 unspecified atom stereocenters. The zero-order valence-electron chi connectivity index (χ0n) is 39.7. The number of unbranched alkanes of at least 4 members (excludes halogenated alkanes) is 31. The van der Waals surface area contributed by atoms with Crippen LogP contribution in [0.3, 0.4) is 0 Å². The lowest BCUT2D eigenvalue weighted by atomic mass is 10.0. The molecule has 1 atom stereocenters. The van der Waals surface area contributed by atoms with Gasteiger partial charge in [0.25, 0.3) is 0 Å². The van der Waals surface area contributed by atoms with Gasteiger partial charge in [-0.1, -0.05) is 247 Å². The van der Waals surface area contributed by atoms with Crippen molar-refractivity contribution in [3.8, 4) is 0 Å². The van der Waals surface area contributed by atoms with Crippen LogP contribution in [-0.2, 0) is 28.6 Å². The molecule has 6 nitrogen and oxygen atoms in total. The minimum atomic E-state index is -0.761. The Morgan fingerprint density at radius 3 is 0.845 bits per heavy atom. The Morgan fingerprint density at radius 2 is 0.569 bits per heavy atom. The fourth-order valence-electron chi connectivity index (χ4n) is 7.81. The first-order chi connectivity index (χ1) is 28.2. The van der Waals surface area contributed by atoms with Crippen molar-refractivity contribution in [2.45, 2.75) is 291 Å². The lowest BCUT2D eigenvalue weighted by Crippen LogP contribution is -2.30. The van der Waals surface area contributed by atoms with Crippen LogP contribution in [0.2, 0.25) is 0 Å². The quantitative estimate of drug-likeness (QED) is 0.0346. The van der Waals surface area contributed by atoms with Gasteiger partial charge in [0.2, 0.25) is 0 Å². The van der Waals surface area contributed by atoms with Gasteiger partial charge < -0.3 is 14.2 Å². The van der Waals surface area contributed by atoms with Crippen molar-refractivity contribution in [1.29, 1.82) is 0 Å². The van der Waals surface area contributed by atoms with Crippen LogP contribution >= 0.6 is 0 Å². The minimum Gasteiger partial charge on any atom is -0.462 e. The molecule has 0 aromatic rings. The lowest BCUT2D eigenvalue weighted by molar-refractivity contribution is -0.167. The second-order valence-corrected chi connectivity index (χ2v) is 18.8. The fourth-order valence-corrected chi connectivity index (χ4v) is 7.81. The summed E-state index contributed by atoms with van der Waals surface area (Å²) in [6.07, 6.45) is 45.2. The van der Waals surface area contributed by atoms with Crippen molar-refractivity contribution in [2.75, 3.05) is 13.2 Å². The van der Waals surface area contributed by atoms with Gasteiger partial charge in [-0.25, -0.2) is 0 Å². The molecule has 0 N–H and O–H groups in total. The first-order valence-corrected chi connectivity index (χ1v) is 25.7. The van der Waals surface area contributed by atoms with E-state index in [0.29, 0.717) is 19.3 Å². The van der Waals surface area contributed by atoms with Gasteiger partial charge in [0.1, 0.15) is 13.2 Å². The van der Waals surface area contributed by atoms with Crippen LogP contribution in [0.15, 0.2) is 0 Å². The van der Waals surface area contributed by atoms with E-state index in [4.69, 9.17) is 14.2 Å². The highest BCUT2D eigenvalue weighted by Crippen LogP contribution is 2.17. The second-order valence-electron chi connectivity index (χ2n) is 18.8. The molecule has 344 valence electrons. The van der Waals surface area contributed by atoms with E-state index in [0.717, 1.165) is 69.6 Å². The average Bonchev–Trinajstić information content (AvgIpc) is 3.19. The second kappa shape index (κ2) is 44.9. The summed E-state index contributed by atoms with van der Waals surface area (Å²) in [4.78, 5) is 37.9. The molecule has 0 radical (unpaired) electrons. The molecule has 0 fully saturated rings. The summed E-state index contributed by atoms with van der Waals surface area (Å²) in [7, 11) is 0. The first kappa shape index (κ1) is 56.4. The van der Waals surface area contributed by atoms with Crippen molar-refractivity contribution in [3.63, 3.8) is 0 Å². The molecule has 0 heterocycles. The van der Waals surface area contributed by atoms with E-state index in [1.165, 1.54) is 173 Å². The summed E-state index contributed by atoms with van der Waals surface area (Å²) in [6, 6.07) is 0. The molecule has 0 rings (SSSR count). The molecular weight excluding hydrogens is 721 g/mol. The summed E-state index contributed by atoms with van der Waals surface area (Å²) in [5, 5.41) is 0. The van der Waals surface area contributed by atoms with E-state index in [1.54, 1.807) is 0 Å². The molecule has 0 aromatic heterocycles. The van der Waals surface area contributed by atoms with Crippen molar-refractivity contribution in [2.24, 2.45) is 11.8 Å². The number of carbonyl (C=O) groups is 3. The standard InChI is InChI=1S/C52H100O6/c1-6-7-8-9-10-11-12-15-19-22-27-32-37-42-50(53)56-45-49(58-52(55)44-39-34-29-24-26-31-36-41-48(4)5)46-57-51(54)43-38-33-28-23-20-17-14-13-16-18-21-25-30-35-40-47(2)3/h47-49H,6-46H2,1-5H3/t49-/m1/s1. The predicted octanol–water partition coefficient (Wildman–Crippen LogP) is 16.5. The normalized spacial score (nSPS) is 12.1. The van der Waals surface area contributed by atoms with E-state index >= 15 is 0 Å². The zero-order chi connectivity index (χ0) is 42.6. The third kappa shape index (κ3) is 45.5. The molecule has 0 amide bonds. The van der Waals surface area contributed by atoms with Crippen molar-refractivity contribution >= 4 is 17.9 Å². The third-order valence-electron chi connectivity index (χ3n) is 11.7. The summed E-state index contributed by atoms with van der Waals surface area (Å²) in [6.45, 7) is 11.3. The molecule has 0 spiro atoms. The molecule has 0 saturated heterocycles. The number of carbonyl (C=O) groups excluding carboxylic acids is 3. The Bertz CT molecular complexity index is 885. The Hall–Kier alpha value is -1.59. The largest absolute Gasteiger partial charge is 0.462 e. The van der Waals surface area contributed by atoms with Gasteiger partial charge in [-0.3, -0.25) is 14.4 Å². The van der Waals surface area contributed by atoms with Crippen molar-refractivity contribution in [1.82, 2.24) is 0 Å². The van der Waals surface area contributed by atoms with Crippen LogP contribution in [-0.4, -0.2) is 37.2 Å². The monoisotopic (exact) mass is 821 g/mol. The molecular formula is C52H100O6. The molecule has 0 aliphatic carbocycles. The van der Waals surface area contributed by atoms with E-state index in [1.807, 2.05) is 0 Å². The van der Waals surface area contributed by atoms with Gasteiger partial charge in [0.05, 0.1) is 0 Å². The average molecular weight is 821 g/mol. The van der Waals surface area contributed by atoms with Gasteiger partial charge in [-0.2, -0.15) is 0 Å². The van der Waals surface area contributed by atoms with Crippen LogP contribution in [0.25, 0.3) is 0 Å². The van der Waals surface area contributed by atoms with E-state index in [2.05, 4.69) is 34.6 Å². The Balaban J connectivity index is 4.26. The predicted molar refractivity (Wildman–Crippen MR) is 247 cm³/mol. The Kier molecular flexibility index (Phi) is 43.7.